The number of nitrogens with zero attached hydrogens (tertiary/aromatic N) is 2. The van der Waals surface area contributed by atoms with Gasteiger partial charge in [-0.3, -0.25) is 9.36 Å². The van der Waals surface area contributed by atoms with Crippen LogP contribution in [0, 0.1) is 12.8 Å². The first kappa shape index (κ1) is 17.4. The van der Waals surface area contributed by atoms with Gasteiger partial charge in [-0.1, -0.05) is 6.92 Å². The van der Waals surface area contributed by atoms with Crippen LogP contribution in [-0.2, 0) is 6.54 Å². The van der Waals surface area contributed by atoms with E-state index in [0.29, 0.717) is 23.9 Å². The molecule has 0 bridgehead atoms. The van der Waals surface area contributed by atoms with E-state index in [0.717, 1.165) is 22.9 Å². The first-order chi connectivity index (χ1) is 12.9. The molecule has 1 aromatic carbocycles. The standard InChI is InChI=1S/C21H23N3O3/c1-13-10-18(13)19-9-8-17(27-19)12-23(3)20(25)15-4-6-16(7-5-15)24-14(2)11-22-21(24)26/h4-9,11,13,18H,10,12H2,1-3H3,(H,22,26)/t13-,18-/m1/s1. The molecule has 27 heavy (non-hydrogen) atoms. The maximum atomic E-state index is 12.7. The van der Waals surface area contributed by atoms with Crippen LogP contribution in [0.4, 0.5) is 0 Å². The first-order valence-electron chi connectivity index (χ1n) is 9.15. The molecule has 1 aliphatic carbocycles. The average Bonchev–Trinajstić information content (AvgIpc) is 3.05. The molecule has 2 heterocycles. The molecule has 1 fully saturated rings. The molecule has 4 rings (SSSR count). The van der Waals surface area contributed by atoms with Crippen molar-refractivity contribution in [3.8, 4) is 5.69 Å². The third-order valence-corrected chi connectivity index (χ3v) is 5.23. The molecule has 1 saturated carbocycles. The van der Waals surface area contributed by atoms with E-state index < -0.39 is 0 Å². The van der Waals surface area contributed by atoms with Crippen LogP contribution in [0.3, 0.4) is 0 Å². The van der Waals surface area contributed by atoms with Crippen molar-refractivity contribution in [1.29, 1.82) is 0 Å². The van der Waals surface area contributed by atoms with Crippen LogP contribution in [0.2, 0.25) is 0 Å². The first-order valence-corrected chi connectivity index (χ1v) is 9.15. The highest BCUT2D eigenvalue weighted by molar-refractivity contribution is 5.94. The second-order valence-electron chi connectivity index (χ2n) is 7.40. The van der Waals surface area contributed by atoms with Crippen LogP contribution in [-0.4, -0.2) is 27.4 Å². The number of nitrogens with one attached hydrogen (secondary N) is 1. The van der Waals surface area contributed by atoms with Gasteiger partial charge in [0.15, 0.2) is 0 Å². The van der Waals surface area contributed by atoms with Gasteiger partial charge < -0.3 is 14.3 Å². The Morgan fingerprint density at radius 3 is 2.56 bits per heavy atom. The molecule has 0 aliphatic heterocycles. The van der Waals surface area contributed by atoms with Gasteiger partial charge in [0.2, 0.25) is 0 Å². The predicted octanol–water partition coefficient (Wildman–Crippen LogP) is 3.46. The van der Waals surface area contributed by atoms with Gasteiger partial charge in [0.25, 0.3) is 5.91 Å². The number of hydrogen-bond acceptors (Lipinski definition) is 3. The van der Waals surface area contributed by atoms with Crippen molar-refractivity contribution >= 4 is 5.91 Å². The van der Waals surface area contributed by atoms with Crippen molar-refractivity contribution in [1.82, 2.24) is 14.5 Å². The van der Waals surface area contributed by atoms with E-state index in [1.807, 2.05) is 19.1 Å². The van der Waals surface area contributed by atoms with Crippen molar-refractivity contribution in [2.75, 3.05) is 7.05 Å². The number of carbonyl (C=O) groups excluding carboxylic acids is 1. The molecule has 3 aromatic rings. The molecule has 0 radical (unpaired) electrons. The van der Waals surface area contributed by atoms with E-state index in [1.165, 1.54) is 6.42 Å². The lowest BCUT2D eigenvalue weighted by atomic mass is 10.1. The molecule has 1 amide bonds. The number of H-pyrrole nitrogens is 1. The Morgan fingerprint density at radius 1 is 1.26 bits per heavy atom. The second kappa shape index (κ2) is 6.61. The summed E-state index contributed by atoms with van der Waals surface area (Å²) in [5.74, 6) is 2.96. The summed E-state index contributed by atoms with van der Waals surface area (Å²) >= 11 is 0. The zero-order valence-corrected chi connectivity index (χ0v) is 15.7. The van der Waals surface area contributed by atoms with Crippen molar-refractivity contribution in [2.24, 2.45) is 5.92 Å². The Hall–Kier alpha value is -3.02. The Kier molecular flexibility index (Phi) is 4.26. The molecular weight excluding hydrogens is 342 g/mol. The number of furan rings is 1. The maximum Gasteiger partial charge on any atom is 0.330 e. The smallest absolute Gasteiger partial charge is 0.330 e. The minimum Gasteiger partial charge on any atom is -0.464 e. The number of hydrogen-bond donors (Lipinski definition) is 1. The van der Waals surface area contributed by atoms with Gasteiger partial charge in [-0.05, 0) is 55.7 Å². The summed E-state index contributed by atoms with van der Waals surface area (Å²) in [7, 11) is 1.76. The van der Waals surface area contributed by atoms with E-state index in [9.17, 15) is 9.59 Å². The highest BCUT2D eigenvalue weighted by Crippen LogP contribution is 2.47. The van der Waals surface area contributed by atoms with E-state index in [4.69, 9.17) is 4.42 Å². The quantitative estimate of drug-likeness (QED) is 0.753. The van der Waals surface area contributed by atoms with E-state index in [1.54, 1.807) is 47.0 Å². The lowest BCUT2D eigenvalue weighted by molar-refractivity contribution is 0.0775. The highest BCUT2D eigenvalue weighted by atomic mass is 16.3. The molecular formula is C21H23N3O3. The van der Waals surface area contributed by atoms with Crippen molar-refractivity contribution < 1.29 is 9.21 Å². The number of aryl methyl sites for hydroxylation is 1. The molecule has 2 atom stereocenters. The number of benzene rings is 1. The lowest BCUT2D eigenvalue weighted by Gasteiger charge is -2.16. The van der Waals surface area contributed by atoms with Crippen LogP contribution >= 0.6 is 0 Å². The summed E-state index contributed by atoms with van der Waals surface area (Å²) < 4.78 is 7.46. The minimum atomic E-state index is -0.192. The average molecular weight is 365 g/mol. The molecule has 0 unspecified atom stereocenters. The fourth-order valence-electron chi connectivity index (χ4n) is 3.45. The minimum absolute atomic E-state index is 0.0857. The number of aromatic amines is 1. The van der Waals surface area contributed by atoms with Gasteiger partial charge in [0.05, 0.1) is 12.2 Å². The molecule has 2 aromatic heterocycles. The molecule has 1 aliphatic rings. The monoisotopic (exact) mass is 365 g/mol. The van der Waals surface area contributed by atoms with Crippen LogP contribution in [0.15, 0.2) is 51.8 Å². The third-order valence-electron chi connectivity index (χ3n) is 5.23. The number of aromatic nitrogens is 2. The summed E-state index contributed by atoms with van der Waals surface area (Å²) in [6, 6.07) is 11.0. The fourth-order valence-corrected chi connectivity index (χ4v) is 3.45. The van der Waals surface area contributed by atoms with Crippen LogP contribution < -0.4 is 5.69 Å². The van der Waals surface area contributed by atoms with E-state index in [2.05, 4.69) is 11.9 Å². The third kappa shape index (κ3) is 3.35. The van der Waals surface area contributed by atoms with Gasteiger partial charge in [-0.2, -0.15) is 0 Å². The number of carbonyl (C=O) groups is 1. The molecule has 140 valence electrons. The van der Waals surface area contributed by atoms with Crippen LogP contribution in [0.1, 0.15) is 46.8 Å². The van der Waals surface area contributed by atoms with Gasteiger partial charge >= 0.3 is 5.69 Å². The molecule has 1 N–H and O–H groups in total. The SMILES string of the molecule is Cc1c[nH]c(=O)n1-c1ccc(C(=O)N(C)Cc2ccc([C@@H]3C[C@H]3C)o2)cc1. The zero-order valence-electron chi connectivity index (χ0n) is 15.7. The maximum absolute atomic E-state index is 12.7. The zero-order chi connectivity index (χ0) is 19.1. The van der Waals surface area contributed by atoms with Crippen molar-refractivity contribution in [3.63, 3.8) is 0 Å². The molecule has 0 spiro atoms. The van der Waals surface area contributed by atoms with E-state index >= 15 is 0 Å². The predicted molar refractivity (Wildman–Crippen MR) is 102 cm³/mol. The van der Waals surface area contributed by atoms with Crippen LogP contribution in [0.5, 0.6) is 0 Å². The summed E-state index contributed by atoms with van der Waals surface area (Å²) in [4.78, 5) is 28.9. The Balaban J connectivity index is 1.45. The number of amides is 1. The molecule has 6 heteroatoms. The van der Waals surface area contributed by atoms with E-state index in [-0.39, 0.29) is 11.6 Å². The largest absolute Gasteiger partial charge is 0.464 e. The van der Waals surface area contributed by atoms with Crippen LogP contribution in [0.25, 0.3) is 5.69 Å². The van der Waals surface area contributed by atoms with Crippen molar-refractivity contribution in [2.45, 2.75) is 32.7 Å². The summed E-state index contributed by atoms with van der Waals surface area (Å²) in [6.07, 6.45) is 2.84. The second-order valence-corrected chi connectivity index (χ2v) is 7.40. The lowest BCUT2D eigenvalue weighted by Crippen LogP contribution is -2.26. The van der Waals surface area contributed by atoms with Gasteiger partial charge in [0, 0.05) is 30.4 Å². The highest BCUT2D eigenvalue weighted by Gasteiger charge is 2.36. The molecule has 0 saturated heterocycles. The van der Waals surface area contributed by atoms with Crippen molar-refractivity contribution in [3.05, 3.63) is 75.9 Å². The van der Waals surface area contributed by atoms with Gasteiger partial charge in [-0.25, -0.2) is 4.79 Å². The van der Waals surface area contributed by atoms with Gasteiger partial charge in [0.1, 0.15) is 11.5 Å². The summed E-state index contributed by atoms with van der Waals surface area (Å²) in [5.41, 5.74) is 1.93. The number of rotatable bonds is 5. The Labute approximate surface area is 157 Å². The Morgan fingerprint density at radius 2 is 1.96 bits per heavy atom. The summed E-state index contributed by atoms with van der Waals surface area (Å²) in [6.45, 7) is 4.50. The fraction of sp³-hybridized carbons (Fsp3) is 0.333. The Bertz CT molecular complexity index is 1030. The normalized spacial score (nSPS) is 18.5. The van der Waals surface area contributed by atoms with Gasteiger partial charge in [-0.15, -0.1) is 0 Å². The summed E-state index contributed by atoms with van der Waals surface area (Å²) in [5, 5.41) is 0. The topological polar surface area (TPSA) is 71.2 Å². The molecule has 6 nitrogen and oxygen atoms in total. The number of imidazole rings is 1.